The second-order valence-corrected chi connectivity index (χ2v) is 6.42. The number of halogens is 1. The Morgan fingerprint density at radius 3 is 2.38 bits per heavy atom. The van der Waals surface area contributed by atoms with Gasteiger partial charge in [-0.2, -0.15) is 0 Å². The number of carbonyl (C=O) groups excluding carboxylic acids is 2. The molecule has 1 aromatic rings. The molecule has 0 spiro atoms. The van der Waals surface area contributed by atoms with Crippen LogP contribution in [0.3, 0.4) is 0 Å². The number of benzene rings is 1. The van der Waals surface area contributed by atoms with E-state index in [1.54, 1.807) is 24.0 Å². The minimum atomic E-state index is -0.483. The standard InChI is InChI=1S/C19H27FN2O2/c1-3-17(19(24)21-16-7-5-6-8-16)22(18(23)4-2)13-14-9-11-15(20)12-10-14/h9-12,16-17H,3-8,13H2,1-2H3,(H,21,24)/t17-/m0/s1. The van der Waals surface area contributed by atoms with Gasteiger partial charge in [-0.3, -0.25) is 9.59 Å². The van der Waals surface area contributed by atoms with Crippen molar-refractivity contribution in [3.05, 3.63) is 35.6 Å². The molecular formula is C19H27FN2O2. The summed E-state index contributed by atoms with van der Waals surface area (Å²) in [4.78, 5) is 26.7. The lowest BCUT2D eigenvalue weighted by atomic mass is 10.1. The Morgan fingerprint density at radius 1 is 1.21 bits per heavy atom. The van der Waals surface area contributed by atoms with Crippen LogP contribution < -0.4 is 5.32 Å². The van der Waals surface area contributed by atoms with Crippen LogP contribution in [0.25, 0.3) is 0 Å². The van der Waals surface area contributed by atoms with E-state index in [0.29, 0.717) is 19.4 Å². The molecule has 0 heterocycles. The first-order chi connectivity index (χ1) is 11.5. The van der Waals surface area contributed by atoms with Gasteiger partial charge in [0, 0.05) is 19.0 Å². The van der Waals surface area contributed by atoms with Crippen LogP contribution in [0.1, 0.15) is 57.9 Å². The van der Waals surface area contributed by atoms with Gasteiger partial charge in [0.05, 0.1) is 0 Å². The molecule has 0 radical (unpaired) electrons. The molecule has 1 aliphatic rings. The van der Waals surface area contributed by atoms with E-state index in [2.05, 4.69) is 5.32 Å². The van der Waals surface area contributed by atoms with E-state index in [-0.39, 0.29) is 23.7 Å². The van der Waals surface area contributed by atoms with Crippen LogP contribution in [0.4, 0.5) is 4.39 Å². The van der Waals surface area contributed by atoms with Crippen molar-refractivity contribution in [1.82, 2.24) is 10.2 Å². The molecule has 1 fully saturated rings. The molecule has 2 amide bonds. The SMILES string of the molecule is CCC(=O)N(Cc1ccc(F)cc1)[C@@H](CC)C(=O)NC1CCCC1. The highest BCUT2D eigenvalue weighted by Gasteiger charge is 2.29. The topological polar surface area (TPSA) is 49.4 Å². The molecule has 0 aliphatic heterocycles. The van der Waals surface area contributed by atoms with Crippen molar-refractivity contribution in [2.75, 3.05) is 0 Å². The van der Waals surface area contributed by atoms with Gasteiger partial charge in [-0.15, -0.1) is 0 Å². The van der Waals surface area contributed by atoms with E-state index >= 15 is 0 Å². The Labute approximate surface area is 143 Å². The zero-order valence-corrected chi connectivity index (χ0v) is 14.6. The molecule has 1 saturated carbocycles. The van der Waals surface area contributed by atoms with Gasteiger partial charge in [0.1, 0.15) is 11.9 Å². The molecule has 1 aliphatic carbocycles. The molecule has 0 unspecified atom stereocenters. The number of carbonyl (C=O) groups is 2. The lowest BCUT2D eigenvalue weighted by Crippen LogP contribution is -2.50. The second kappa shape index (κ2) is 8.81. The number of hydrogen-bond acceptors (Lipinski definition) is 2. The van der Waals surface area contributed by atoms with Gasteiger partial charge in [0.25, 0.3) is 0 Å². The van der Waals surface area contributed by atoms with Crippen LogP contribution in [0.5, 0.6) is 0 Å². The summed E-state index contributed by atoms with van der Waals surface area (Å²) in [5.74, 6) is -0.445. The van der Waals surface area contributed by atoms with Gasteiger partial charge >= 0.3 is 0 Å². The van der Waals surface area contributed by atoms with Crippen LogP contribution in [-0.4, -0.2) is 28.8 Å². The highest BCUT2D eigenvalue weighted by molar-refractivity contribution is 5.87. The first kappa shape index (κ1) is 18.4. The van der Waals surface area contributed by atoms with Gasteiger partial charge in [-0.1, -0.05) is 38.8 Å². The molecular weight excluding hydrogens is 307 g/mol. The summed E-state index contributed by atoms with van der Waals surface area (Å²) in [5, 5.41) is 3.09. The van der Waals surface area contributed by atoms with Crippen LogP contribution >= 0.6 is 0 Å². The second-order valence-electron chi connectivity index (χ2n) is 6.42. The van der Waals surface area contributed by atoms with Gasteiger partial charge in [-0.05, 0) is 37.0 Å². The first-order valence-electron chi connectivity index (χ1n) is 8.89. The predicted octanol–water partition coefficient (Wildman–Crippen LogP) is 3.40. The van der Waals surface area contributed by atoms with Crippen LogP contribution in [0.2, 0.25) is 0 Å². The van der Waals surface area contributed by atoms with Crippen molar-refractivity contribution in [3.63, 3.8) is 0 Å². The highest BCUT2D eigenvalue weighted by atomic mass is 19.1. The van der Waals surface area contributed by atoms with Crippen molar-refractivity contribution in [2.45, 2.75) is 71.0 Å². The minimum absolute atomic E-state index is 0.0623. The molecule has 1 aromatic carbocycles. The van der Waals surface area contributed by atoms with Crippen molar-refractivity contribution >= 4 is 11.8 Å². The molecule has 1 N–H and O–H groups in total. The third kappa shape index (κ3) is 4.79. The van der Waals surface area contributed by atoms with E-state index < -0.39 is 6.04 Å². The Kier molecular flexibility index (Phi) is 6.76. The lowest BCUT2D eigenvalue weighted by Gasteiger charge is -2.31. The molecule has 24 heavy (non-hydrogen) atoms. The van der Waals surface area contributed by atoms with Crippen molar-refractivity contribution in [3.8, 4) is 0 Å². The number of amides is 2. The summed E-state index contributed by atoms with van der Waals surface area (Å²) in [6.07, 6.45) is 5.23. The third-order valence-electron chi connectivity index (χ3n) is 4.66. The zero-order chi connectivity index (χ0) is 17.5. The van der Waals surface area contributed by atoms with Gasteiger partial charge < -0.3 is 10.2 Å². The summed E-state index contributed by atoms with van der Waals surface area (Å²) >= 11 is 0. The third-order valence-corrected chi connectivity index (χ3v) is 4.66. The number of nitrogens with zero attached hydrogens (tertiary/aromatic N) is 1. The van der Waals surface area contributed by atoms with Crippen molar-refractivity contribution in [2.24, 2.45) is 0 Å². The molecule has 4 nitrogen and oxygen atoms in total. The highest BCUT2D eigenvalue weighted by Crippen LogP contribution is 2.19. The fourth-order valence-corrected chi connectivity index (χ4v) is 3.28. The monoisotopic (exact) mass is 334 g/mol. The normalized spacial score (nSPS) is 16.0. The summed E-state index contributed by atoms with van der Waals surface area (Å²) in [6, 6.07) is 5.83. The maximum atomic E-state index is 13.1. The van der Waals surface area contributed by atoms with E-state index in [1.807, 2.05) is 6.92 Å². The average Bonchev–Trinajstić information content (AvgIpc) is 3.08. The molecule has 2 rings (SSSR count). The quantitative estimate of drug-likeness (QED) is 0.831. The molecule has 5 heteroatoms. The van der Waals surface area contributed by atoms with Crippen LogP contribution in [-0.2, 0) is 16.1 Å². The average molecular weight is 334 g/mol. The van der Waals surface area contributed by atoms with Crippen LogP contribution in [0.15, 0.2) is 24.3 Å². The summed E-state index contributed by atoms with van der Waals surface area (Å²) in [7, 11) is 0. The number of nitrogens with one attached hydrogen (secondary N) is 1. The summed E-state index contributed by atoms with van der Waals surface area (Å²) in [6.45, 7) is 4.03. The van der Waals surface area contributed by atoms with Crippen molar-refractivity contribution < 1.29 is 14.0 Å². The van der Waals surface area contributed by atoms with Crippen LogP contribution in [0, 0.1) is 5.82 Å². The fraction of sp³-hybridized carbons (Fsp3) is 0.579. The maximum Gasteiger partial charge on any atom is 0.243 e. The van der Waals surface area contributed by atoms with Gasteiger partial charge in [0.2, 0.25) is 11.8 Å². The molecule has 0 bridgehead atoms. The van der Waals surface area contributed by atoms with Crippen molar-refractivity contribution in [1.29, 1.82) is 0 Å². The van der Waals surface area contributed by atoms with E-state index in [9.17, 15) is 14.0 Å². The number of rotatable bonds is 7. The smallest absolute Gasteiger partial charge is 0.243 e. The molecule has 1 atom stereocenters. The fourth-order valence-electron chi connectivity index (χ4n) is 3.28. The maximum absolute atomic E-state index is 13.1. The Hall–Kier alpha value is -1.91. The molecule has 132 valence electrons. The zero-order valence-electron chi connectivity index (χ0n) is 14.6. The van der Waals surface area contributed by atoms with E-state index in [0.717, 1.165) is 31.2 Å². The number of hydrogen-bond donors (Lipinski definition) is 1. The Morgan fingerprint density at radius 2 is 1.83 bits per heavy atom. The Bertz CT molecular complexity index is 553. The first-order valence-corrected chi connectivity index (χ1v) is 8.89. The lowest BCUT2D eigenvalue weighted by molar-refractivity contribution is -0.141. The predicted molar refractivity (Wildman–Crippen MR) is 91.7 cm³/mol. The van der Waals surface area contributed by atoms with E-state index in [4.69, 9.17) is 0 Å². The molecule has 0 saturated heterocycles. The van der Waals surface area contributed by atoms with Gasteiger partial charge in [0.15, 0.2) is 0 Å². The minimum Gasteiger partial charge on any atom is -0.352 e. The van der Waals surface area contributed by atoms with E-state index in [1.165, 1.54) is 12.1 Å². The Balaban J connectivity index is 2.11. The summed E-state index contributed by atoms with van der Waals surface area (Å²) in [5.41, 5.74) is 0.824. The van der Waals surface area contributed by atoms with Gasteiger partial charge in [-0.25, -0.2) is 4.39 Å². The summed E-state index contributed by atoms with van der Waals surface area (Å²) < 4.78 is 13.1. The molecule has 0 aromatic heterocycles. The largest absolute Gasteiger partial charge is 0.352 e.